The first-order valence-electron chi connectivity index (χ1n) is 16.9. The number of hydrogen-bond donors (Lipinski definition) is 1. The summed E-state index contributed by atoms with van der Waals surface area (Å²) in [6, 6.07) is 10.9. The topological polar surface area (TPSA) is 43.8 Å². The van der Waals surface area contributed by atoms with Gasteiger partial charge in [0.15, 0.2) is 5.78 Å². The van der Waals surface area contributed by atoms with E-state index in [-0.39, 0.29) is 11.5 Å². The summed E-state index contributed by atoms with van der Waals surface area (Å²) < 4.78 is 0. The molecule has 4 aliphatic carbocycles. The van der Waals surface area contributed by atoms with E-state index in [0.29, 0.717) is 24.2 Å². The van der Waals surface area contributed by atoms with Crippen molar-refractivity contribution in [2.45, 2.75) is 153 Å². The lowest BCUT2D eigenvalue weighted by atomic mass is 9.89. The van der Waals surface area contributed by atoms with Gasteiger partial charge in [0.2, 0.25) is 0 Å². The maximum atomic E-state index is 13.4. The molecule has 2 aromatic rings. The molecule has 0 spiro atoms. The highest BCUT2D eigenvalue weighted by molar-refractivity contribution is 7.18. The highest BCUT2D eigenvalue weighted by Crippen LogP contribution is 2.40. The summed E-state index contributed by atoms with van der Waals surface area (Å²) in [4.78, 5) is 20.4. The minimum absolute atomic E-state index is 0.0719. The Morgan fingerprint density at radius 1 is 0.561 bits per heavy atom. The second kappa shape index (κ2) is 14.1. The molecule has 4 aliphatic rings. The predicted molar refractivity (Wildman–Crippen MR) is 176 cm³/mol. The molecule has 2 aromatic heterocycles. The summed E-state index contributed by atoms with van der Waals surface area (Å²) in [5.41, 5.74) is 0. The fourth-order valence-corrected chi connectivity index (χ4v) is 10.3. The van der Waals surface area contributed by atoms with E-state index in [1.807, 2.05) is 12.1 Å². The number of anilines is 2. The molecule has 2 heterocycles. The number of hydrogen-bond acceptors (Lipinski definition) is 6. The van der Waals surface area contributed by atoms with Gasteiger partial charge in [0.1, 0.15) is 5.76 Å². The van der Waals surface area contributed by atoms with E-state index in [2.05, 4.69) is 21.9 Å². The van der Waals surface area contributed by atoms with E-state index in [1.54, 1.807) is 22.7 Å². The summed E-state index contributed by atoms with van der Waals surface area (Å²) in [6.45, 7) is 0. The van der Waals surface area contributed by atoms with Gasteiger partial charge in [0.05, 0.1) is 19.8 Å². The maximum Gasteiger partial charge on any atom is 0.199 e. The average Bonchev–Trinajstić information content (AvgIpc) is 3.71. The summed E-state index contributed by atoms with van der Waals surface area (Å²) in [5.74, 6) is 0.0437. The van der Waals surface area contributed by atoms with E-state index >= 15 is 0 Å². The van der Waals surface area contributed by atoms with Crippen LogP contribution in [0, 0.1) is 0 Å². The molecule has 0 saturated heterocycles. The number of carbonyl (C=O) groups excluding carboxylic acids is 1. The molecule has 0 bridgehead atoms. The highest BCUT2D eigenvalue weighted by atomic mass is 32.1. The van der Waals surface area contributed by atoms with Gasteiger partial charge < -0.3 is 14.9 Å². The van der Waals surface area contributed by atoms with Crippen molar-refractivity contribution in [3.05, 3.63) is 40.1 Å². The number of allylic oxidation sites excluding steroid dienone is 1. The van der Waals surface area contributed by atoms with Crippen molar-refractivity contribution in [3.8, 4) is 0 Å². The van der Waals surface area contributed by atoms with Crippen LogP contribution in [0.25, 0.3) is 5.76 Å². The van der Waals surface area contributed by atoms with Crippen molar-refractivity contribution in [1.29, 1.82) is 0 Å². The van der Waals surface area contributed by atoms with Gasteiger partial charge in [-0.25, -0.2) is 0 Å². The molecule has 0 aliphatic heterocycles. The molecule has 41 heavy (non-hydrogen) atoms. The third kappa shape index (κ3) is 7.06. The first-order chi connectivity index (χ1) is 20.2. The maximum absolute atomic E-state index is 13.4. The summed E-state index contributed by atoms with van der Waals surface area (Å²) in [7, 11) is 0. The van der Waals surface area contributed by atoms with E-state index in [1.165, 1.54) is 144 Å². The normalized spacial score (nSPS) is 22.6. The SMILES string of the molecule is O=C(/C=C(\O)c1ccc(N(C2CCCCC2)C2CCCCC2)s1)c1ccc(N(C2CCCCC2)C2CCCCC2)s1. The van der Waals surface area contributed by atoms with Crippen LogP contribution in [0.5, 0.6) is 0 Å². The Morgan fingerprint density at radius 2 is 0.902 bits per heavy atom. The monoisotopic (exact) mass is 594 g/mol. The van der Waals surface area contributed by atoms with Crippen LogP contribution in [0.1, 0.15) is 143 Å². The molecule has 0 aromatic carbocycles. The Kier molecular flexibility index (Phi) is 10.1. The quantitative estimate of drug-likeness (QED) is 0.178. The molecule has 4 nitrogen and oxygen atoms in total. The van der Waals surface area contributed by atoms with Crippen molar-refractivity contribution < 1.29 is 9.90 Å². The molecule has 6 heteroatoms. The number of rotatable bonds is 9. The molecule has 4 saturated carbocycles. The summed E-state index contributed by atoms with van der Waals surface area (Å²) in [6.07, 6.45) is 27.7. The van der Waals surface area contributed by atoms with Crippen LogP contribution in [0.4, 0.5) is 10.0 Å². The van der Waals surface area contributed by atoms with Crippen molar-refractivity contribution >= 4 is 44.2 Å². The van der Waals surface area contributed by atoms with Gasteiger partial charge in [0, 0.05) is 30.2 Å². The van der Waals surface area contributed by atoms with Crippen LogP contribution >= 0.6 is 22.7 Å². The molecule has 1 N–H and O–H groups in total. The second-order valence-corrected chi connectivity index (χ2v) is 15.3. The van der Waals surface area contributed by atoms with Gasteiger partial charge in [0.25, 0.3) is 0 Å². The smallest absolute Gasteiger partial charge is 0.199 e. The third-order valence-corrected chi connectivity index (χ3v) is 12.6. The van der Waals surface area contributed by atoms with E-state index in [4.69, 9.17) is 0 Å². The standard InChI is InChI=1S/C35H50N2O2S2/c38-30(32-21-23-34(40-32)36(26-13-5-1-6-14-26)27-15-7-2-8-16-27)25-31(39)33-22-24-35(41-33)37(28-17-9-3-10-18-28)29-19-11-4-12-20-29/h21-29,38H,1-20H2/b30-25-. The number of carbonyl (C=O) groups is 1. The van der Waals surface area contributed by atoms with Gasteiger partial charge in [-0.05, 0) is 75.6 Å². The summed E-state index contributed by atoms with van der Waals surface area (Å²) >= 11 is 3.31. The van der Waals surface area contributed by atoms with Crippen LogP contribution in [0.2, 0.25) is 0 Å². The zero-order valence-electron chi connectivity index (χ0n) is 24.9. The Hall–Kier alpha value is -1.79. The molecule has 4 fully saturated rings. The van der Waals surface area contributed by atoms with Crippen LogP contribution in [-0.2, 0) is 0 Å². The first-order valence-corrected chi connectivity index (χ1v) is 18.5. The van der Waals surface area contributed by atoms with Crippen LogP contribution in [0.15, 0.2) is 30.3 Å². The predicted octanol–water partition coefficient (Wildman–Crippen LogP) is 10.5. The van der Waals surface area contributed by atoms with Crippen molar-refractivity contribution in [1.82, 2.24) is 0 Å². The molecule has 0 radical (unpaired) electrons. The van der Waals surface area contributed by atoms with Gasteiger partial charge in [-0.15, -0.1) is 22.7 Å². The highest BCUT2D eigenvalue weighted by Gasteiger charge is 2.32. The van der Waals surface area contributed by atoms with Crippen LogP contribution in [-0.4, -0.2) is 35.1 Å². The number of aliphatic hydroxyl groups excluding tert-OH is 1. The Bertz CT molecular complexity index is 1110. The number of nitrogens with zero attached hydrogens (tertiary/aromatic N) is 2. The molecular weight excluding hydrogens is 545 g/mol. The molecule has 6 rings (SSSR count). The van der Waals surface area contributed by atoms with Gasteiger partial charge in [-0.1, -0.05) is 77.0 Å². The first kappa shape index (κ1) is 29.3. The van der Waals surface area contributed by atoms with Gasteiger partial charge in [-0.2, -0.15) is 0 Å². The zero-order chi connectivity index (χ0) is 28.0. The molecular formula is C35H50N2O2S2. The fraction of sp³-hybridized carbons (Fsp3) is 0.686. The molecule has 0 atom stereocenters. The average molecular weight is 595 g/mol. The zero-order valence-corrected chi connectivity index (χ0v) is 26.5. The van der Waals surface area contributed by atoms with Crippen molar-refractivity contribution in [3.63, 3.8) is 0 Å². The Labute approximate surface area is 255 Å². The van der Waals surface area contributed by atoms with E-state index < -0.39 is 0 Å². The number of ketones is 1. The van der Waals surface area contributed by atoms with Crippen LogP contribution < -0.4 is 9.80 Å². The summed E-state index contributed by atoms with van der Waals surface area (Å²) in [5, 5.41) is 13.7. The Balaban J connectivity index is 1.18. The van der Waals surface area contributed by atoms with Crippen molar-refractivity contribution in [2.75, 3.05) is 9.80 Å². The molecule has 0 amide bonds. The lowest BCUT2D eigenvalue weighted by Crippen LogP contribution is -2.45. The number of aliphatic hydroxyl groups is 1. The minimum atomic E-state index is -0.0719. The van der Waals surface area contributed by atoms with Gasteiger partial charge in [-0.3, -0.25) is 4.79 Å². The fourth-order valence-electron chi connectivity index (χ4n) is 8.22. The molecule has 0 unspecified atom stereocenters. The Morgan fingerprint density at radius 3 is 1.29 bits per heavy atom. The largest absolute Gasteiger partial charge is 0.506 e. The second-order valence-electron chi connectivity index (χ2n) is 13.2. The molecule has 224 valence electrons. The minimum Gasteiger partial charge on any atom is -0.506 e. The van der Waals surface area contributed by atoms with Crippen molar-refractivity contribution in [2.24, 2.45) is 0 Å². The van der Waals surface area contributed by atoms with E-state index in [9.17, 15) is 9.90 Å². The number of thiophene rings is 2. The lowest BCUT2D eigenvalue weighted by molar-refractivity contribution is 0.105. The third-order valence-electron chi connectivity index (χ3n) is 10.3. The lowest BCUT2D eigenvalue weighted by Gasteiger charge is -2.42. The van der Waals surface area contributed by atoms with Gasteiger partial charge >= 0.3 is 0 Å². The van der Waals surface area contributed by atoms with E-state index in [0.717, 1.165) is 9.75 Å². The van der Waals surface area contributed by atoms with Crippen LogP contribution in [0.3, 0.4) is 0 Å².